The molecule has 0 aromatic heterocycles. The molecule has 0 heterocycles. The predicted molar refractivity (Wildman–Crippen MR) is 112 cm³/mol. The van der Waals surface area contributed by atoms with E-state index in [1.807, 2.05) is 0 Å². The minimum Gasteiger partial charge on any atom is -0.381 e. The molecular formula is C19H32IN3O. The summed E-state index contributed by atoms with van der Waals surface area (Å²) in [6.45, 7) is 9.76. The third kappa shape index (κ3) is 7.83. The fourth-order valence-corrected chi connectivity index (χ4v) is 2.60. The van der Waals surface area contributed by atoms with Crippen molar-refractivity contribution in [1.82, 2.24) is 10.6 Å². The molecule has 4 nitrogen and oxygen atoms in total. The van der Waals surface area contributed by atoms with E-state index < -0.39 is 0 Å². The first kappa shape index (κ1) is 21.2. The number of aliphatic imine (C=N–C) groups is 1. The number of hydrogen-bond donors (Lipinski definition) is 2. The Morgan fingerprint density at radius 3 is 2.71 bits per heavy atom. The smallest absolute Gasteiger partial charge is 0.191 e. The normalized spacial score (nSPS) is 19.8. The molecule has 1 aliphatic carbocycles. The summed E-state index contributed by atoms with van der Waals surface area (Å²) in [6, 6.07) is 11.2. The van der Waals surface area contributed by atoms with Crippen LogP contribution < -0.4 is 10.6 Å². The Morgan fingerprint density at radius 1 is 1.29 bits per heavy atom. The van der Waals surface area contributed by atoms with Crippen LogP contribution in [-0.4, -0.2) is 38.3 Å². The van der Waals surface area contributed by atoms with Gasteiger partial charge in [0.05, 0.1) is 0 Å². The minimum absolute atomic E-state index is 0. The Labute approximate surface area is 163 Å². The van der Waals surface area contributed by atoms with Gasteiger partial charge in [0.1, 0.15) is 0 Å². The molecule has 0 radical (unpaired) electrons. The van der Waals surface area contributed by atoms with Gasteiger partial charge in [0.15, 0.2) is 5.96 Å². The monoisotopic (exact) mass is 445 g/mol. The Balaban J connectivity index is 0.00000288. The van der Waals surface area contributed by atoms with E-state index >= 15 is 0 Å². The number of nitrogens with zero attached hydrogens (tertiary/aromatic N) is 1. The van der Waals surface area contributed by atoms with Gasteiger partial charge in [-0.05, 0) is 31.2 Å². The molecule has 5 heteroatoms. The lowest BCUT2D eigenvalue weighted by atomic mass is 10.1. The molecule has 2 atom stereocenters. The minimum atomic E-state index is 0. The molecule has 2 rings (SSSR count). The Bertz CT molecular complexity index is 479. The number of halogens is 1. The Hall–Kier alpha value is -0.820. The van der Waals surface area contributed by atoms with Crippen LogP contribution in [0.25, 0.3) is 0 Å². The lowest BCUT2D eigenvalue weighted by Gasteiger charge is -2.11. The van der Waals surface area contributed by atoms with Gasteiger partial charge >= 0.3 is 0 Å². The molecule has 0 spiro atoms. The average molecular weight is 445 g/mol. The van der Waals surface area contributed by atoms with Crippen molar-refractivity contribution in [2.45, 2.75) is 45.6 Å². The molecule has 24 heavy (non-hydrogen) atoms. The van der Waals surface area contributed by atoms with Gasteiger partial charge in [0.25, 0.3) is 0 Å². The molecule has 0 aliphatic heterocycles. The summed E-state index contributed by atoms with van der Waals surface area (Å²) in [5.41, 5.74) is 1.42. The first-order chi connectivity index (χ1) is 11.2. The maximum atomic E-state index is 5.60. The molecule has 0 amide bonds. The standard InChI is InChI=1S/C19H31N3O.HI/c1-4-20-19(21-11-8-12-23-14-15(2)3)22-18-13-17(18)16-9-6-5-7-10-16;/h5-7,9-10,15,17-18H,4,8,11-14H2,1-3H3,(H2,20,21,22);1H. The topological polar surface area (TPSA) is 45.7 Å². The van der Waals surface area contributed by atoms with Crippen LogP contribution in [0.1, 0.15) is 45.1 Å². The summed E-state index contributed by atoms with van der Waals surface area (Å²) in [5, 5.41) is 6.88. The molecule has 2 N–H and O–H groups in total. The summed E-state index contributed by atoms with van der Waals surface area (Å²) >= 11 is 0. The van der Waals surface area contributed by atoms with Gasteiger partial charge in [-0.3, -0.25) is 4.99 Å². The van der Waals surface area contributed by atoms with Gasteiger partial charge in [0.2, 0.25) is 0 Å². The molecule has 1 saturated carbocycles. The second-order valence-corrected chi connectivity index (χ2v) is 6.59. The van der Waals surface area contributed by atoms with E-state index in [0.29, 0.717) is 17.9 Å². The fourth-order valence-electron chi connectivity index (χ4n) is 2.60. The SMILES string of the molecule is CCNC(=NCCCOCC(C)C)NC1CC1c1ccccc1.I. The van der Waals surface area contributed by atoms with E-state index in [1.165, 1.54) is 12.0 Å². The van der Waals surface area contributed by atoms with Crippen LogP contribution in [0.5, 0.6) is 0 Å². The second kappa shape index (κ2) is 11.7. The summed E-state index contributed by atoms with van der Waals surface area (Å²) in [4.78, 5) is 4.65. The highest BCUT2D eigenvalue weighted by Crippen LogP contribution is 2.40. The quantitative estimate of drug-likeness (QED) is 0.263. The van der Waals surface area contributed by atoms with Crippen LogP contribution in [-0.2, 0) is 4.74 Å². The maximum absolute atomic E-state index is 5.60. The average Bonchev–Trinajstić information content (AvgIpc) is 3.30. The van der Waals surface area contributed by atoms with Crippen LogP contribution in [0.2, 0.25) is 0 Å². The van der Waals surface area contributed by atoms with E-state index in [4.69, 9.17) is 4.74 Å². The third-order valence-corrected chi connectivity index (χ3v) is 3.85. The first-order valence-corrected chi connectivity index (χ1v) is 8.88. The van der Waals surface area contributed by atoms with E-state index in [-0.39, 0.29) is 24.0 Å². The van der Waals surface area contributed by atoms with Gasteiger partial charge in [-0.2, -0.15) is 0 Å². The van der Waals surface area contributed by atoms with Crippen molar-refractivity contribution < 1.29 is 4.74 Å². The summed E-state index contributed by atoms with van der Waals surface area (Å²) in [5.74, 6) is 2.15. The number of nitrogens with one attached hydrogen (secondary N) is 2. The largest absolute Gasteiger partial charge is 0.381 e. The lowest BCUT2D eigenvalue weighted by Crippen LogP contribution is -2.39. The Kier molecular flexibility index (Phi) is 10.3. The van der Waals surface area contributed by atoms with Crippen molar-refractivity contribution in [2.24, 2.45) is 10.9 Å². The highest BCUT2D eigenvalue weighted by atomic mass is 127. The van der Waals surface area contributed by atoms with Crippen LogP contribution in [0, 0.1) is 5.92 Å². The molecular weight excluding hydrogens is 413 g/mol. The van der Waals surface area contributed by atoms with E-state index in [2.05, 4.69) is 66.7 Å². The van der Waals surface area contributed by atoms with Crippen molar-refractivity contribution in [2.75, 3.05) is 26.3 Å². The maximum Gasteiger partial charge on any atom is 0.191 e. The lowest BCUT2D eigenvalue weighted by molar-refractivity contribution is 0.109. The van der Waals surface area contributed by atoms with Crippen LogP contribution in [0.15, 0.2) is 35.3 Å². The van der Waals surface area contributed by atoms with Crippen LogP contribution >= 0.6 is 24.0 Å². The number of rotatable bonds is 9. The molecule has 136 valence electrons. The van der Waals surface area contributed by atoms with Gasteiger partial charge in [-0.1, -0.05) is 44.2 Å². The molecule has 0 saturated heterocycles. The number of guanidine groups is 1. The van der Waals surface area contributed by atoms with Crippen molar-refractivity contribution >= 4 is 29.9 Å². The van der Waals surface area contributed by atoms with E-state index in [0.717, 1.165) is 38.7 Å². The molecule has 1 fully saturated rings. The first-order valence-electron chi connectivity index (χ1n) is 8.88. The molecule has 0 bridgehead atoms. The number of ether oxygens (including phenoxy) is 1. The van der Waals surface area contributed by atoms with Gasteiger partial charge in [0, 0.05) is 38.3 Å². The molecule has 2 unspecified atom stereocenters. The molecule has 1 aliphatic rings. The summed E-state index contributed by atoms with van der Waals surface area (Å²) in [6.07, 6.45) is 2.15. The predicted octanol–water partition coefficient (Wildman–Crippen LogP) is 3.78. The zero-order valence-electron chi connectivity index (χ0n) is 15.1. The van der Waals surface area contributed by atoms with E-state index in [1.54, 1.807) is 0 Å². The summed E-state index contributed by atoms with van der Waals surface area (Å²) < 4.78 is 5.60. The second-order valence-electron chi connectivity index (χ2n) is 6.59. The van der Waals surface area contributed by atoms with Crippen molar-refractivity contribution in [3.63, 3.8) is 0 Å². The third-order valence-electron chi connectivity index (χ3n) is 3.85. The van der Waals surface area contributed by atoms with Crippen LogP contribution in [0.3, 0.4) is 0 Å². The van der Waals surface area contributed by atoms with Crippen molar-refractivity contribution in [1.29, 1.82) is 0 Å². The van der Waals surface area contributed by atoms with Crippen molar-refractivity contribution in [3.8, 4) is 0 Å². The van der Waals surface area contributed by atoms with Gasteiger partial charge in [-0.15, -0.1) is 24.0 Å². The highest BCUT2D eigenvalue weighted by molar-refractivity contribution is 14.0. The number of benzene rings is 1. The van der Waals surface area contributed by atoms with Gasteiger partial charge in [-0.25, -0.2) is 0 Å². The fraction of sp³-hybridized carbons (Fsp3) is 0.632. The number of hydrogen-bond acceptors (Lipinski definition) is 2. The zero-order chi connectivity index (χ0) is 16.5. The molecule has 1 aromatic rings. The van der Waals surface area contributed by atoms with Crippen molar-refractivity contribution in [3.05, 3.63) is 35.9 Å². The van der Waals surface area contributed by atoms with Gasteiger partial charge < -0.3 is 15.4 Å². The van der Waals surface area contributed by atoms with E-state index in [9.17, 15) is 0 Å². The molecule has 1 aromatic carbocycles. The van der Waals surface area contributed by atoms with Crippen LogP contribution in [0.4, 0.5) is 0 Å². The summed E-state index contributed by atoms with van der Waals surface area (Å²) in [7, 11) is 0. The zero-order valence-corrected chi connectivity index (χ0v) is 17.5. The Morgan fingerprint density at radius 2 is 2.04 bits per heavy atom. The highest BCUT2D eigenvalue weighted by Gasteiger charge is 2.38.